The number of rotatable bonds is 7. The Balaban J connectivity index is 1.69. The van der Waals surface area contributed by atoms with Gasteiger partial charge in [0, 0.05) is 11.1 Å². The normalized spacial score (nSPS) is 14.8. The number of aromatic nitrogens is 1. The number of nitrogens with zero attached hydrogens (tertiary/aromatic N) is 2. The summed E-state index contributed by atoms with van der Waals surface area (Å²) in [5.74, 6) is 0.732. The van der Waals surface area contributed by atoms with E-state index in [4.69, 9.17) is 19.2 Å². The molecular weight excluding hydrogens is 548 g/mol. The van der Waals surface area contributed by atoms with Crippen LogP contribution in [0.4, 0.5) is 0 Å². The van der Waals surface area contributed by atoms with E-state index in [0.29, 0.717) is 32.1 Å². The minimum Gasteiger partial charge on any atom is -0.497 e. The van der Waals surface area contributed by atoms with Crippen LogP contribution in [0.15, 0.2) is 106 Å². The number of methoxy groups -OCH3 is 2. The van der Waals surface area contributed by atoms with Gasteiger partial charge in [0.1, 0.15) is 11.5 Å². The monoisotopic (exact) mass is 576 g/mol. The molecule has 0 saturated heterocycles. The maximum absolute atomic E-state index is 14.3. The Morgan fingerprint density at radius 3 is 2.50 bits per heavy atom. The summed E-state index contributed by atoms with van der Waals surface area (Å²) in [5, 5.41) is 1.99. The van der Waals surface area contributed by atoms with E-state index in [-0.39, 0.29) is 17.7 Å². The third-order valence-corrected chi connectivity index (χ3v) is 8.19. The average Bonchev–Trinajstić information content (AvgIpc) is 3.35. The summed E-state index contributed by atoms with van der Waals surface area (Å²) in [4.78, 5) is 33.4. The van der Waals surface area contributed by atoms with E-state index in [2.05, 4.69) is 0 Å². The van der Waals surface area contributed by atoms with Gasteiger partial charge in [0.25, 0.3) is 5.56 Å². The van der Waals surface area contributed by atoms with Crippen LogP contribution in [-0.4, -0.2) is 31.4 Å². The van der Waals surface area contributed by atoms with Crippen LogP contribution in [0.3, 0.4) is 0 Å². The smallest absolute Gasteiger partial charge is 0.338 e. The molecule has 210 valence electrons. The molecule has 1 aliphatic heterocycles. The minimum absolute atomic E-state index is 0.181. The minimum atomic E-state index is -0.790. The van der Waals surface area contributed by atoms with E-state index in [1.165, 1.54) is 11.3 Å². The van der Waals surface area contributed by atoms with Crippen LogP contribution in [0.25, 0.3) is 22.5 Å². The number of benzene rings is 4. The Morgan fingerprint density at radius 1 is 0.952 bits per heavy atom. The number of thiazole rings is 1. The molecule has 0 amide bonds. The first-order valence-corrected chi connectivity index (χ1v) is 14.3. The number of carbonyl (C=O) groups is 1. The van der Waals surface area contributed by atoms with E-state index >= 15 is 0 Å². The molecule has 42 heavy (non-hydrogen) atoms. The number of fused-ring (bicyclic) bond motifs is 2. The SMILES string of the molecule is CCOC(=O)C1=C(c2ccccc2)N=c2s/c(=C/c3c(OC)ccc4ccccc34)c(=O)n2[C@H]1c1cccc(OC)c1. The standard InChI is InChI=1S/C34H28N2O5S/c1-4-41-33(38)29-30(22-12-6-5-7-13-22)35-34-36(31(29)23-14-10-15-24(19-23)39-2)32(37)28(42-34)20-26-25-16-9-8-11-21(25)17-18-27(26)40-3/h5-20,31H,4H2,1-3H3/b28-20+/t31-/m0/s1. The Labute approximate surface area is 246 Å². The molecule has 2 heterocycles. The van der Waals surface area contributed by atoms with Crippen LogP contribution in [0.2, 0.25) is 0 Å². The van der Waals surface area contributed by atoms with E-state index in [0.717, 1.165) is 21.9 Å². The Hall–Kier alpha value is -4.95. The van der Waals surface area contributed by atoms with Crippen LogP contribution in [-0.2, 0) is 9.53 Å². The topological polar surface area (TPSA) is 79.1 Å². The molecule has 1 aliphatic rings. The van der Waals surface area contributed by atoms with Crippen molar-refractivity contribution in [3.8, 4) is 11.5 Å². The summed E-state index contributed by atoms with van der Waals surface area (Å²) in [5.41, 5.74) is 2.75. The van der Waals surface area contributed by atoms with Gasteiger partial charge in [-0.25, -0.2) is 9.79 Å². The summed E-state index contributed by atoms with van der Waals surface area (Å²) in [6.07, 6.45) is 1.85. The lowest BCUT2D eigenvalue weighted by Gasteiger charge is -2.26. The van der Waals surface area contributed by atoms with Gasteiger partial charge >= 0.3 is 5.97 Å². The van der Waals surface area contributed by atoms with Gasteiger partial charge in [-0.1, -0.05) is 84.1 Å². The van der Waals surface area contributed by atoms with Crippen molar-refractivity contribution < 1.29 is 19.0 Å². The zero-order valence-corrected chi connectivity index (χ0v) is 24.2. The van der Waals surface area contributed by atoms with Gasteiger partial charge in [-0.05, 0) is 47.5 Å². The highest BCUT2D eigenvalue weighted by Crippen LogP contribution is 2.36. The van der Waals surface area contributed by atoms with Crippen LogP contribution in [0.1, 0.15) is 29.7 Å². The first-order chi connectivity index (χ1) is 20.5. The van der Waals surface area contributed by atoms with Crippen molar-refractivity contribution in [1.29, 1.82) is 0 Å². The highest BCUT2D eigenvalue weighted by Gasteiger charge is 2.35. The van der Waals surface area contributed by atoms with Crippen LogP contribution < -0.4 is 24.4 Å². The number of hydrogen-bond donors (Lipinski definition) is 0. The second kappa shape index (κ2) is 11.5. The molecule has 5 aromatic rings. The summed E-state index contributed by atoms with van der Waals surface area (Å²) >= 11 is 1.27. The summed E-state index contributed by atoms with van der Waals surface area (Å²) in [6.45, 7) is 1.94. The number of ether oxygens (including phenoxy) is 3. The molecule has 0 bridgehead atoms. The number of carbonyl (C=O) groups excluding carboxylic acids is 1. The van der Waals surface area contributed by atoms with Crippen molar-refractivity contribution in [3.05, 3.63) is 133 Å². The third kappa shape index (κ3) is 4.80. The highest BCUT2D eigenvalue weighted by atomic mass is 32.1. The maximum atomic E-state index is 14.3. The molecule has 6 rings (SSSR count). The summed E-state index contributed by atoms with van der Waals surface area (Å²) in [7, 11) is 3.20. The van der Waals surface area contributed by atoms with Crippen molar-refractivity contribution in [2.45, 2.75) is 13.0 Å². The maximum Gasteiger partial charge on any atom is 0.338 e. The molecule has 0 spiro atoms. The van der Waals surface area contributed by atoms with E-state index in [9.17, 15) is 9.59 Å². The molecule has 1 aromatic heterocycles. The van der Waals surface area contributed by atoms with E-state index < -0.39 is 12.0 Å². The van der Waals surface area contributed by atoms with Gasteiger partial charge in [0.05, 0.1) is 42.7 Å². The Kier molecular flexibility index (Phi) is 7.46. The molecule has 7 nitrogen and oxygen atoms in total. The molecule has 0 unspecified atom stereocenters. The van der Waals surface area contributed by atoms with E-state index in [1.807, 2.05) is 97.1 Å². The van der Waals surface area contributed by atoms with Crippen molar-refractivity contribution in [2.75, 3.05) is 20.8 Å². The van der Waals surface area contributed by atoms with Gasteiger partial charge < -0.3 is 14.2 Å². The second-order valence-electron chi connectivity index (χ2n) is 9.61. The molecule has 4 aromatic carbocycles. The first-order valence-electron chi connectivity index (χ1n) is 13.5. The number of hydrogen-bond acceptors (Lipinski definition) is 7. The fourth-order valence-corrected chi connectivity index (χ4v) is 6.28. The largest absolute Gasteiger partial charge is 0.497 e. The lowest BCUT2D eigenvalue weighted by Crippen LogP contribution is -2.40. The zero-order valence-electron chi connectivity index (χ0n) is 23.4. The van der Waals surface area contributed by atoms with Crippen LogP contribution in [0, 0.1) is 0 Å². The molecular formula is C34H28N2O5S. The molecule has 0 radical (unpaired) electrons. The Morgan fingerprint density at radius 2 is 1.74 bits per heavy atom. The molecule has 0 aliphatic carbocycles. The Bertz CT molecular complexity index is 2020. The van der Waals surface area contributed by atoms with Gasteiger partial charge in [0.15, 0.2) is 4.80 Å². The van der Waals surface area contributed by atoms with Crippen molar-refractivity contribution in [3.63, 3.8) is 0 Å². The van der Waals surface area contributed by atoms with Gasteiger partial charge in [-0.15, -0.1) is 0 Å². The van der Waals surface area contributed by atoms with Crippen molar-refractivity contribution in [2.24, 2.45) is 4.99 Å². The summed E-state index contributed by atoms with van der Waals surface area (Å²) < 4.78 is 18.8. The average molecular weight is 577 g/mol. The lowest BCUT2D eigenvalue weighted by atomic mass is 9.93. The predicted octanol–water partition coefficient (Wildman–Crippen LogP) is 5.11. The predicted molar refractivity (Wildman–Crippen MR) is 165 cm³/mol. The van der Waals surface area contributed by atoms with Crippen LogP contribution >= 0.6 is 11.3 Å². The zero-order chi connectivity index (χ0) is 29.2. The van der Waals surface area contributed by atoms with Crippen LogP contribution in [0.5, 0.6) is 11.5 Å². The first kappa shape index (κ1) is 27.2. The molecule has 0 saturated carbocycles. The quantitative estimate of drug-likeness (QED) is 0.252. The molecule has 0 N–H and O–H groups in total. The van der Waals surface area contributed by atoms with E-state index in [1.54, 1.807) is 25.7 Å². The third-order valence-electron chi connectivity index (χ3n) is 7.21. The van der Waals surface area contributed by atoms with Gasteiger partial charge in [0.2, 0.25) is 0 Å². The fourth-order valence-electron chi connectivity index (χ4n) is 5.30. The van der Waals surface area contributed by atoms with Gasteiger partial charge in [-0.2, -0.15) is 0 Å². The summed E-state index contributed by atoms with van der Waals surface area (Å²) in [6, 6.07) is 27.9. The fraction of sp³-hybridized carbons (Fsp3) is 0.147. The molecule has 8 heteroatoms. The van der Waals surface area contributed by atoms with Crippen molar-refractivity contribution in [1.82, 2.24) is 4.57 Å². The highest BCUT2D eigenvalue weighted by molar-refractivity contribution is 7.07. The van der Waals surface area contributed by atoms with Crippen molar-refractivity contribution >= 4 is 39.9 Å². The second-order valence-corrected chi connectivity index (χ2v) is 10.6. The molecule has 0 fully saturated rings. The lowest BCUT2D eigenvalue weighted by molar-refractivity contribution is -0.138. The number of esters is 1. The van der Waals surface area contributed by atoms with Gasteiger partial charge in [-0.3, -0.25) is 9.36 Å². The molecule has 1 atom stereocenters.